The highest BCUT2D eigenvalue weighted by molar-refractivity contribution is 6.07. The second-order valence-electron chi connectivity index (χ2n) is 4.18. The Labute approximate surface area is 101 Å². The largest absolute Gasteiger partial charge is 0.359 e. The maximum atomic E-state index is 12.1. The Morgan fingerprint density at radius 3 is 2.82 bits per heavy atom. The second-order valence-corrected chi connectivity index (χ2v) is 4.18. The molecule has 0 saturated carbocycles. The first-order valence-corrected chi connectivity index (χ1v) is 5.70. The number of rotatable bonds is 4. The van der Waals surface area contributed by atoms with Crippen LogP contribution < -0.4 is 5.73 Å². The molecule has 0 aliphatic heterocycles. The number of nitrogens with one attached hydrogen (secondary N) is 1. The standard InChI is InChI=1S/C14H16N2O/c1-10(9-15)11-4-2-5-12(8-11)14(17)13-6-3-7-16-13/h2-8,10,16H,9,15H2,1H3. The summed E-state index contributed by atoms with van der Waals surface area (Å²) in [5, 5.41) is 0. The number of carbonyl (C=O) groups is 1. The van der Waals surface area contributed by atoms with E-state index in [-0.39, 0.29) is 11.7 Å². The number of hydrogen-bond donors (Lipinski definition) is 2. The third-order valence-corrected chi connectivity index (χ3v) is 2.91. The number of aromatic nitrogens is 1. The Morgan fingerprint density at radius 2 is 2.18 bits per heavy atom. The van der Waals surface area contributed by atoms with Gasteiger partial charge in [0.1, 0.15) is 0 Å². The highest BCUT2D eigenvalue weighted by Gasteiger charge is 2.11. The van der Waals surface area contributed by atoms with E-state index in [1.165, 1.54) is 0 Å². The van der Waals surface area contributed by atoms with Crippen LogP contribution in [0.2, 0.25) is 0 Å². The number of nitrogens with two attached hydrogens (primary N) is 1. The monoisotopic (exact) mass is 228 g/mol. The van der Waals surface area contributed by atoms with E-state index in [1.54, 1.807) is 12.3 Å². The molecule has 0 aliphatic rings. The zero-order valence-corrected chi connectivity index (χ0v) is 9.81. The molecule has 88 valence electrons. The van der Waals surface area contributed by atoms with E-state index in [4.69, 9.17) is 5.73 Å². The molecule has 0 amide bonds. The van der Waals surface area contributed by atoms with E-state index >= 15 is 0 Å². The van der Waals surface area contributed by atoms with Crippen LogP contribution in [0.1, 0.15) is 34.5 Å². The summed E-state index contributed by atoms with van der Waals surface area (Å²) in [6, 6.07) is 11.2. The second kappa shape index (κ2) is 4.97. The molecule has 2 aromatic rings. The van der Waals surface area contributed by atoms with Gasteiger partial charge < -0.3 is 10.7 Å². The lowest BCUT2D eigenvalue weighted by molar-refractivity contribution is 0.103. The van der Waals surface area contributed by atoms with Crippen molar-refractivity contribution in [1.29, 1.82) is 0 Å². The Morgan fingerprint density at radius 1 is 1.35 bits per heavy atom. The van der Waals surface area contributed by atoms with Crippen molar-refractivity contribution in [2.45, 2.75) is 12.8 Å². The molecule has 1 unspecified atom stereocenters. The fourth-order valence-corrected chi connectivity index (χ4v) is 1.75. The molecule has 1 aromatic carbocycles. The number of carbonyl (C=O) groups excluding carboxylic acids is 1. The molecule has 1 atom stereocenters. The van der Waals surface area contributed by atoms with Crippen LogP contribution >= 0.6 is 0 Å². The molecule has 17 heavy (non-hydrogen) atoms. The zero-order chi connectivity index (χ0) is 12.3. The van der Waals surface area contributed by atoms with Gasteiger partial charge in [-0.05, 0) is 36.2 Å². The van der Waals surface area contributed by atoms with Gasteiger partial charge in [-0.3, -0.25) is 4.79 Å². The molecular formula is C14H16N2O. The molecule has 3 N–H and O–H groups in total. The molecular weight excluding hydrogens is 212 g/mol. The quantitative estimate of drug-likeness (QED) is 0.789. The first-order valence-electron chi connectivity index (χ1n) is 5.70. The van der Waals surface area contributed by atoms with Crippen molar-refractivity contribution >= 4 is 5.78 Å². The van der Waals surface area contributed by atoms with Crippen LogP contribution in [0, 0.1) is 0 Å². The molecule has 3 heteroatoms. The highest BCUT2D eigenvalue weighted by Crippen LogP contribution is 2.17. The van der Waals surface area contributed by atoms with E-state index in [9.17, 15) is 4.79 Å². The van der Waals surface area contributed by atoms with Crippen LogP contribution in [0.3, 0.4) is 0 Å². The normalized spacial score (nSPS) is 12.4. The minimum absolute atomic E-state index is 0.0149. The van der Waals surface area contributed by atoms with Crippen molar-refractivity contribution < 1.29 is 4.79 Å². The fourth-order valence-electron chi connectivity index (χ4n) is 1.75. The van der Waals surface area contributed by atoms with Crippen molar-refractivity contribution in [2.24, 2.45) is 5.73 Å². The van der Waals surface area contributed by atoms with Crippen molar-refractivity contribution in [2.75, 3.05) is 6.54 Å². The molecule has 0 aliphatic carbocycles. The molecule has 1 aromatic heterocycles. The number of hydrogen-bond acceptors (Lipinski definition) is 2. The van der Waals surface area contributed by atoms with Gasteiger partial charge in [0.05, 0.1) is 5.69 Å². The summed E-state index contributed by atoms with van der Waals surface area (Å²) in [5.41, 5.74) is 8.05. The molecule has 0 radical (unpaired) electrons. The first-order chi connectivity index (χ1) is 8.22. The Balaban J connectivity index is 2.31. The predicted molar refractivity (Wildman–Crippen MR) is 68.1 cm³/mol. The Hall–Kier alpha value is -1.87. The van der Waals surface area contributed by atoms with Gasteiger partial charge in [0.15, 0.2) is 0 Å². The lowest BCUT2D eigenvalue weighted by atomic mass is 9.97. The summed E-state index contributed by atoms with van der Waals surface area (Å²) in [6.45, 7) is 2.64. The number of benzene rings is 1. The zero-order valence-electron chi connectivity index (χ0n) is 9.81. The van der Waals surface area contributed by atoms with Gasteiger partial charge in [0.25, 0.3) is 0 Å². The van der Waals surface area contributed by atoms with E-state index < -0.39 is 0 Å². The maximum absolute atomic E-state index is 12.1. The van der Waals surface area contributed by atoms with Gasteiger partial charge in [-0.1, -0.05) is 25.1 Å². The van der Waals surface area contributed by atoms with Gasteiger partial charge in [0, 0.05) is 11.8 Å². The summed E-state index contributed by atoms with van der Waals surface area (Å²) in [5.74, 6) is 0.285. The maximum Gasteiger partial charge on any atom is 0.209 e. The first kappa shape index (κ1) is 11.6. The van der Waals surface area contributed by atoms with Gasteiger partial charge in [-0.2, -0.15) is 0 Å². The van der Waals surface area contributed by atoms with Crippen LogP contribution in [-0.2, 0) is 0 Å². The van der Waals surface area contributed by atoms with Gasteiger partial charge in [-0.15, -0.1) is 0 Å². The third kappa shape index (κ3) is 2.45. The average molecular weight is 228 g/mol. The molecule has 1 heterocycles. The van der Waals surface area contributed by atoms with Gasteiger partial charge in [-0.25, -0.2) is 0 Å². The summed E-state index contributed by atoms with van der Waals surface area (Å²) in [6.07, 6.45) is 1.75. The molecule has 2 rings (SSSR count). The lowest BCUT2D eigenvalue weighted by Gasteiger charge is -2.09. The number of aromatic amines is 1. The summed E-state index contributed by atoms with van der Waals surface area (Å²) in [7, 11) is 0. The summed E-state index contributed by atoms with van der Waals surface area (Å²) >= 11 is 0. The number of ketones is 1. The third-order valence-electron chi connectivity index (χ3n) is 2.91. The van der Waals surface area contributed by atoms with Crippen molar-refractivity contribution in [1.82, 2.24) is 4.98 Å². The predicted octanol–water partition coefficient (Wildman–Crippen LogP) is 2.31. The van der Waals surface area contributed by atoms with Crippen molar-refractivity contribution in [3.63, 3.8) is 0 Å². The Bertz CT molecular complexity index is 503. The lowest BCUT2D eigenvalue weighted by Crippen LogP contribution is -2.10. The minimum atomic E-state index is 0.0149. The van der Waals surface area contributed by atoms with E-state index in [0.717, 1.165) is 5.56 Å². The van der Waals surface area contributed by atoms with Crippen LogP contribution in [0.15, 0.2) is 42.6 Å². The summed E-state index contributed by atoms with van der Waals surface area (Å²) in [4.78, 5) is 15.0. The van der Waals surface area contributed by atoms with E-state index in [0.29, 0.717) is 17.8 Å². The minimum Gasteiger partial charge on any atom is -0.359 e. The molecule has 0 saturated heterocycles. The molecule has 0 fully saturated rings. The average Bonchev–Trinajstić information content (AvgIpc) is 2.91. The van der Waals surface area contributed by atoms with Crippen molar-refractivity contribution in [3.8, 4) is 0 Å². The van der Waals surface area contributed by atoms with E-state index in [2.05, 4.69) is 11.9 Å². The van der Waals surface area contributed by atoms with E-state index in [1.807, 2.05) is 30.3 Å². The van der Waals surface area contributed by atoms with Crippen LogP contribution in [-0.4, -0.2) is 17.3 Å². The molecule has 3 nitrogen and oxygen atoms in total. The van der Waals surface area contributed by atoms with Crippen LogP contribution in [0.25, 0.3) is 0 Å². The highest BCUT2D eigenvalue weighted by atomic mass is 16.1. The van der Waals surface area contributed by atoms with Gasteiger partial charge >= 0.3 is 0 Å². The van der Waals surface area contributed by atoms with Crippen molar-refractivity contribution in [3.05, 3.63) is 59.4 Å². The molecule has 0 bridgehead atoms. The smallest absolute Gasteiger partial charge is 0.209 e. The topological polar surface area (TPSA) is 58.9 Å². The van der Waals surface area contributed by atoms with Crippen LogP contribution in [0.4, 0.5) is 0 Å². The fraction of sp³-hybridized carbons (Fsp3) is 0.214. The van der Waals surface area contributed by atoms with Gasteiger partial charge in [0.2, 0.25) is 5.78 Å². The van der Waals surface area contributed by atoms with Crippen LogP contribution in [0.5, 0.6) is 0 Å². The molecule has 0 spiro atoms. The SMILES string of the molecule is CC(CN)c1cccc(C(=O)c2ccc[nH]2)c1. The summed E-state index contributed by atoms with van der Waals surface area (Å²) < 4.78 is 0. The number of H-pyrrole nitrogens is 1. The Kier molecular flexibility index (Phi) is 3.40.